The third-order valence-corrected chi connectivity index (χ3v) is 8.48. The number of ketones is 3. The molecule has 6 rings (SSSR count). The van der Waals surface area contributed by atoms with Crippen LogP contribution in [0.5, 0.6) is 5.75 Å². The molecule has 2 heterocycles. The second-order valence-electron chi connectivity index (χ2n) is 11.3. The third-order valence-electron chi connectivity index (χ3n) is 8.25. The van der Waals surface area contributed by atoms with Crippen LogP contribution in [0.25, 0.3) is 6.08 Å². The highest BCUT2D eigenvalue weighted by Crippen LogP contribution is 2.61. The van der Waals surface area contributed by atoms with Gasteiger partial charge in [0, 0.05) is 33.2 Å². The number of hydrogen-bond acceptors (Lipinski definition) is 5. The van der Waals surface area contributed by atoms with E-state index < -0.39 is 28.8 Å². The summed E-state index contributed by atoms with van der Waals surface area (Å²) in [5.41, 5.74) is 0.985. The number of halogens is 1. The fraction of sp³-hybridized carbons (Fsp3) is 0.281. The standard InChI is InChI=1S/C32H28ClNO4/c1-31(2,3)30(37)27-26(18-9-13-21(38-4)14-10-18)32(28(35)22-7-5-6-8-23(22)29(32)36)25-16-11-19-17-20(33)12-15-24(19)34(25)27/h5-17,25-27H,1-4H3/t25?,26-,27+/m0/s1. The molecule has 1 spiro atoms. The summed E-state index contributed by atoms with van der Waals surface area (Å²) < 4.78 is 5.39. The molecule has 3 aromatic carbocycles. The molecule has 0 radical (unpaired) electrons. The largest absolute Gasteiger partial charge is 0.497 e. The Labute approximate surface area is 227 Å². The summed E-state index contributed by atoms with van der Waals surface area (Å²) in [5.74, 6) is -0.568. The first kappa shape index (κ1) is 24.6. The zero-order valence-electron chi connectivity index (χ0n) is 21.7. The molecule has 3 aliphatic rings. The Hall–Kier alpha value is -3.70. The number of nitrogens with zero attached hydrogens (tertiary/aromatic N) is 1. The second kappa shape index (κ2) is 8.40. The van der Waals surface area contributed by atoms with Gasteiger partial charge in [-0.1, -0.05) is 80.9 Å². The SMILES string of the molecule is COc1ccc([C@H]2[C@H](C(=O)C(C)(C)C)N3c4ccc(Cl)cc4C=CC3C23C(=O)c2ccccc2C3=O)cc1. The Morgan fingerprint density at radius 3 is 2.16 bits per heavy atom. The molecule has 1 unspecified atom stereocenters. The average molecular weight is 526 g/mol. The van der Waals surface area contributed by atoms with Gasteiger partial charge < -0.3 is 9.64 Å². The van der Waals surface area contributed by atoms with E-state index in [-0.39, 0.29) is 17.3 Å². The number of methoxy groups -OCH3 is 1. The molecule has 6 heteroatoms. The van der Waals surface area contributed by atoms with Gasteiger partial charge in [0.05, 0.1) is 19.2 Å². The second-order valence-corrected chi connectivity index (χ2v) is 11.7. The van der Waals surface area contributed by atoms with Crippen LogP contribution < -0.4 is 9.64 Å². The van der Waals surface area contributed by atoms with Crippen molar-refractivity contribution in [2.75, 3.05) is 12.0 Å². The van der Waals surface area contributed by atoms with Crippen molar-refractivity contribution in [3.8, 4) is 5.75 Å². The van der Waals surface area contributed by atoms with Crippen molar-refractivity contribution < 1.29 is 19.1 Å². The van der Waals surface area contributed by atoms with Gasteiger partial charge in [-0.2, -0.15) is 0 Å². The summed E-state index contributed by atoms with van der Waals surface area (Å²) in [6.07, 6.45) is 3.83. The summed E-state index contributed by atoms with van der Waals surface area (Å²) in [5, 5.41) is 0.576. The van der Waals surface area contributed by atoms with Crippen LogP contribution in [0, 0.1) is 10.8 Å². The lowest BCUT2D eigenvalue weighted by atomic mass is 9.63. The zero-order valence-corrected chi connectivity index (χ0v) is 22.5. The summed E-state index contributed by atoms with van der Waals surface area (Å²) >= 11 is 6.33. The van der Waals surface area contributed by atoms with E-state index in [9.17, 15) is 14.4 Å². The molecule has 5 nitrogen and oxygen atoms in total. The van der Waals surface area contributed by atoms with Gasteiger partial charge in [0.2, 0.25) is 0 Å². The Bertz CT molecular complexity index is 1500. The Balaban J connectivity index is 1.69. The van der Waals surface area contributed by atoms with Crippen LogP contribution in [0.15, 0.2) is 72.8 Å². The normalized spacial score (nSPS) is 22.9. The van der Waals surface area contributed by atoms with E-state index in [2.05, 4.69) is 0 Å². The predicted molar refractivity (Wildman–Crippen MR) is 148 cm³/mol. The quantitative estimate of drug-likeness (QED) is 0.370. The van der Waals surface area contributed by atoms with Crippen molar-refractivity contribution in [3.05, 3.63) is 100 Å². The monoisotopic (exact) mass is 525 g/mol. The number of ether oxygens (including phenoxy) is 1. The van der Waals surface area contributed by atoms with E-state index in [1.807, 2.05) is 74.2 Å². The van der Waals surface area contributed by atoms with Gasteiger partial charge in [0.25, 0.3) is 0 Å². The minimum Gasteiger partial charge on any atom is -0.497 e. The van der Waals surface area contributed by atoms with Crippen LogP contribution in [-0.2, 0) is 4.79 Å². The average Bonchev–Trinajstić information content (AvgIpc) is 3.33. The highest BCUT2D eigenvalue weighted by molar-refractivity contribution is 6.32. The minimum absolute atomic E-state index is 0.0343. The van der Waals surface area contributed by atoms with E-state index in [4.69, 9.17) is 16.3 Å². The van der Waals surface area contributed by atoms with E-state index >= 15 is 0 Å². The molecule has 3 atom stereocenters. The number of hydrogen-bond donors (Lipinski definition) is 0. The lowest BCUT2D eigenvalue weighted by Crippen LogP contribution is -2.49. The van der Waals surface area contributed by atoms with Crippen LogP contribution in [0.2, 0.25) is 5.02 Å². The molecule has 0 N–H and O–H groups in total. The molecule has 192 valence electrons. The number of Topliss-reactive ketones (excluding diaryl/α,β-unsaturated/α-hetero) is 3. The molecule has 2 aliphatic heterocycles. The number of fused-ring (bicyclic) bond motifs is 5. The van der Waals surface area contributed by atoms with Crippen molar-refractivity contribution >= 4 is 40.7 Å². The molecule has 38 heavy (non-hydrogen) atoms. The Kier molecular flexibility index (Phi) is 5.45. The first-order chi connectivity index (χ1) is 18.1. The molecule has 0 amide bonds. The van der Waals surface area contributed by atoms with Crippen LogP contribution in [0.4, 0.5) is 5.69 Å². The summed E-state index contributed by atoms with van der Waals surface area (Å²) in [7, 11) is 1.59. The van der Waals surface area contributed by atoms with Crippen molar-refractivity contribution in [1.82, 2.24) is 0 Å². The van der Waals surface area contributed by atoms with Gasteiger partial charge >= 0.3 is 0 Å². The predicted octanol–water partition coefficient (Wildman–Crippen LogP) is 6.40. The van der Waals surface area contributed by atoms with Gasteiger partial charge in [-0.25, -0.2) is 0 Å². The molecular formula is C32H28ClNO4. The van der Waals surface area contributed by atoms with E-state index in [1.54, 1.807) is 37.4 Å². The highest BCUT2D eigenvalue weighted by Gasteiger charge is 2.71. The first-order valence-corrected chi connectivity index (χ1v) is 13.1. The number of benzene rings is 3. The van der Waals surface area contributed by atoms with Crippen molar-refractivity contribution in [2.24, 2.45) is 10.8 Å². The van der Waals surface area contributed by atoms with E-state index in [1.165, 1.54) is 0 Å². The number of carbonyl (C=O) groups excluding carboxylic acids is 3. The van der Waals surface area contributed by atoms with Crippen molar-refractivity contribution in [1.29, 1.82) is 0 Å². The lowest BCUT2D eigenvalue weighted by Gasteiger charge is -2.38. The third kappa shape index (κ3) is 3.21. The Morgan fingerprint density at radius 2 is 1.58 bits per heavy atom. The van der Waals surface area contributed by atoms with Crippen molar-refractivity contribution in [2.45, 2.75) is 38.8 Å². The van der Waals surface area contributed by atoms with Gasteiger partial charge in [-0.05, 0) is 41.5 Å². The minimum atomic E-state index is -1.50. The molecule has 0 aromatic heterocycles. The molecule has 3 aromatic rings. The first-order valence-electron chi connectivity index (χ1n) is 12.7. The van der Waals surface area contributed by atoms with Crippen LogP contribution >= 0.6 is 11.6 Å². The molecular weight excluding hydrogens is 498 g/mol. The Morgan fingerprint density at radius 1 is 0.947 bits per heavy atom. The number of rotatable bonds is 3. The number of anilines is 1. The fourth-order valence-electron chi connectivity index (χ4n) is 6.58. The van der Waals surface area contributed by atoms with Crippen molar-refractivity contribution in [3.63, 3.8) is 0 Å². The van der Waals surface area contributed by atoms with Crippen LogP contribution in [0.1, 0.15) is 58.5 Å². The molecule has 1 fully saturated rings. The van der Waals surface area contributed by atoms with Gasteiger partial charge in [-0.3, -0.25) is 14.4 Å². The smallest absolute Gasteiger partial charge is 0.180 e. The van der Waals surface area contributed by atoms with Gasteiger partial charge in [0.1, 0.15) is 11.2 Å². The van der Waals surface area contributed by atoms with Gasteiger partial charge in [-0.15, -0.1) is 0 Å². The van der Waals surface area contributed by atoms with E-state index in [0.717, 1.165) is 16.8 Å². The van der Waals surface area contributed by atoms with Crippen LogP contribution in [0.3, 0.4) is 0 Å². The molecule has 0 saturated carbocycles. The lowest BCUT2D eigenvalue weighted by molar-refractivity contribution is -0.127. The highest BCUT2D eigenvalue weighted by atomic mass is 35.5. The van der Waals surface area contributed by atoms with Gasteiger partial charge in [0.15, 0.2) is 17.3 Å². The fourth-order valence-corrected chi connectivity index (χ4v) is 6.76. The molecule has 1 saturated heterocycles. The maximum Gasteiger partial charge on any atom is 0.180 e. The number of carbonyl (C=O) groups is 3. The van der Waals surface area contributed by atoms with Crippen LogP contribution in [-0.4, -0.2) is 36.5 Å². The van der Waals surface area contributed by atoms with E-state index in [0.29, 0.717) is 21.9 Å². The topological polar surface area (TPSA) is 63.7 Å². The summed E-state index contributed by atoms with van der Waals surface area (Å²) in [4.78, 5) is 45.5. The molecule has 0 bridgehead atoms. The maximum absolute atomic E-state index is 14.5. The maximum atomic E-state index is 14.5. The zero-order chi connectivity index (χ0) is 27.0. The summed E-state index contributed by atoms with van der Waals surface area (Å²) in [6.45, 7) is 5.65. The summed E-state index contributed by atoms with van der Waals surface area (Å²) in [6, 6.07) is 18.5. The molecule has 1 aliphatic carbocycles.